The Bertz CT molecular complexity index is 1310. The summed E-state index contributed by atoms with van der Waals surface area (Å²) in [6.07, 6.45) is 5.74. The summed E-state index contributed by atoms with van der Waals surface area (Å²) in [4.78, 5) is 17.5. The molecule has 1 N–H and O–H groups in total. The van der Waals surface area contributed by atoms with Crippen molar-refractivity contribution in [3.8, 4) is 5.69 Å². The largest absolute Gasteiger partial charge is 0.347 e. The summed E-state index contributed by atoms with van der Waals surface area (Å²) in [5.41, 5.74) is 1.60. The van der Waals surface area contributed by atoms with Gasteiger partial charge in [0.2, 0.25) is 0 Å². The minimum absolute atomic E-state index is 0.196. The predicted octanol–water partition coefficient (Wildman–Crippen LogP) is 2.95. The zero-order valence-electron chi connectivity index (χ0n) is 15.2. The Kier molecular flexibility index (Phi) is 4.89. The lowest BCUT2D eigenvalue weighted by Crippen LogP contribution is -2.22. The summed E-state index contributed by atoms with van der Waals surface area (Å²) in [5.74, 6) is -0.702. The van der Waals surface area contributed by atoms with Gasteiger partial charge in [-0.1, -0.05) is 0 Å². The van der Waals surface area contributed by atoms with E-state index in [0.717, 1.165) is 22.5 Å². The molecule has 148 valence electrons. The molecule has 4 rings (SSSR count). The van der Waals surface area contributed by atoms with Crippen LogP contribution in [0.25, 0.3) is 16.6 Å². The van der Waals surface area contributed by atoms with Crippen LogP contribution in [0.5, 0.6) is 0 Å². The molecule has 1 amide bonds. The van der Waals surface area contributed by atoms with Crippen LogP contribution in [0.4, 0.5) is 4.39 Å². The Labute approximate surface area is 169 Å². The smallest absolute Gasteiger partial charge is 0.253 e. The molecule has 0 saturated heterocycles. The van der Waals surface area contributed by atoms with Crippen molar-refractivity contribution in [1.29, 1.82) is 0 Å². The lowest BCUT2D eigenvalue weighted by Gasteiger charge is -2.06. The number of carbonyl (C=O) groups excluding carboxylic acids is 1. The highest BCUT2D eigenvalue weighted by Crippen LogP contribution is 2.23. The van der Waals surface area contributed by atoms with Crippen LogP contribution in [0.2, 0.25) is 0 Å². The van der Waals surface area contributed by atoms with Crippen molar-refractivity contribution in [2.24, 2.45) is 0 Å². The molecule has 1 aromatic carbocycles. The van der Waals surface area contributed by atoms with Gasteiger partial charge in [0.15, 0.2) is 9.84 Å². The molecule has 3 heterocycles. The van der Waals surface area contributed by atoms with E-state index in [0.29, 0.717) is 22.2 Å². The van der Waals surface area contributed by atoms with Gasteiger partial charge in [-0.25, -0.2) is 17.5 Å². The highest BCUT2D eigenvalue weighted by Gasteiger charge is 2.16. The number of sulfone groups is 1. The van der Waals surface area contributed by atoms with Gasteiger partial charge in [-0.2, -0.15) is 5.10 Å². The maximum Gasteiger partial charge on any atom is 0.253 e. The van der Waals surface area contributed by atoms with Crippen LogP contribution < -0.4 is 5.32 Å². The molecule has 0 aliphatic heterocycles. The number of hydrogen-bond donors (Lipinski definition) is 1. The molecule has 0 bridgehead atoms. The van der Waals surface area contributed by atoms with Gasteiger partial charge in [0, 0.05) is 22.7 Å². The quantitative estimate of drug-likeness (QED) is 0.525. The molecule has 7 nitrogen and oxygen atoms in total. The molecule has 0 atom stereocenters. The lowest BCUT2D eigenvalue weighted by atomic mass is 10.2. The van der Waals surface area contributed by atoms with Crippen LogP contribution in [-0.4, -0.2) is 35.3 Å². The van der Waals surface area contributed by atoms with Crippen molar-refractivity contribution < 1.29 is 17.6 Å². The fourth-order valence-corrected chi connectivity index (χ4v) is 4.74. The van der Waals surface area contributed by atoms with Gasteiger partial charge in [-0.15, -0.1) is 11.3 Å². The first kappa shape index (κ1) is 19.2. The van der Waals surface area contributed by atoms with Gasteiger partial charge in [-0.05, 0) is 36.4 Å². The Morgan fingerprint density at radius 2 is 1.90 bits per heavy atom. The van der Waals surface area contributed by atoms with Gasteiger partial charge in [-0.3, -0.25) is 9.78 Å². The normalized spacial score (nSPS) is 11.7. The molecule has 4 aromatic rings. The third-order valence-electron chi connectivity index (χ3n) is 4.24. The van der Waals surface area contributed by atoms with Crippen LogP contribution in [-0.2, 0) is 16.4 Å². The van der Waals surface area contributed by atoms with Crippen LogP contribution in [0, 0.1) is 5.82 Å². The Hall–Kier alpha value is -3.11. The van der Waals surface area contributed by atoms with E-state index in [-0.39, 0.29) is 22.5 Å². The van der Waals surface area contributed by atoms with Crippen LogP contribution in [0.15, 0.2) is 59.2 Å². The second kappa shape index (κ2) is 7.37. The Morgan fingerprint density at radius 3 is 2.59 bits per heavy atom. The fraction of sp³-hybridized carbons (Fsp3) is 0.105. The molecular weight excluding hydrogens is 415 g/mol. The number of amides is 1. The molecule has 0 aliphatic rings. The van der Waals surface area contributed by atoms with E-state index >= 15 is 0 Å². The highest BCUT2D eigenvalue weighted by molar-refractivity contribution is 7.92. The first-order valence-electron chi connectivity index (χ1n) is 8.47. The molecule has 0 radical (unpaired) electrons. The van der Waals surface area contributed by atoms with Crippen LogP contribution >= 0.6 is 11.3 Å². The molecule has 0 fully saturated rings. The van der Waals surface area contributed by atoms with E-state index in [1.807, 2.05) is 0 Å². The maximum atomic E-state index is 13.2. The number of rotatable bonds is 5. The fourth-order valence-electron chi connectivity index (χ4n) is 2.83. The molecule has 0 spiro atoms. The number of aromatic nitrogens is 3. The molecule has 0 aliphatic carbocycles. The van der Waals surface area contributed by atoms with E-state index in [2.05, 4.69) is 15.4 Å². The number of benzene rings is 1. The van der Waals surface area contributed by atoms with Crippen LogP contribution in [0.3, 0.4) is 0 Å². The molecule has 29 heavy (non-hydrogen) atoms. The van der Waals surface area contributed by atoms with Crippen molar-refractivity contribution in [3.05, 3.63) is 71.2 Å². The summed E-state index contributed by atoms with van der Waals surface area (Å²) >= 11 is 1.12. The first-order valence-corrected chi connectivity index (χ1v) is 11.2. The van der Waals surface area contributed by atoms with E-state index in [4.69, 9.17) is 0 Å². The molecule has 0 unspecified atom stereocenters. The van der Waals surface area contributed by atoms with E-state index < -0.39 is 9.84 Å². The SMILES string of the molecule is CS(=O)(=O)c1ccc(CNC(=O)c2cncc3c2cnn3-c2ccc(F)cc2)s1. The second-order valence-electron chi connectivity index (χ2n) is 6.33. The third kappa shape index (κ3) is 3.89. The first-order chi connectivity index (χ1) is 13.8. The standard InChI is InChI=1S/C19H15FN4O3S2/c1-29(26,27)18-7-6-14(28-18)8-22-19(25)16-9-21-11-17-15(16)10-23-24(17)13-4-2-12(20)3-5-13/h2-7,9-11H,8H2,1H3,(H,22,25). The zero-order valence-corrected chi connectivity index (χ0v) is 16.8. The highest BCUT2D eigenvalue weighted by atomic mass is 32.2. The monoisotopic (exact) mass is 430 g/mol. The van der Waals surface area contributed by atoms with E-state index in [1.165, 1.54) is 24.4 Å². The van der Waals surface area contributed by atoms with Crippen molar-refractivity contribution in [2.45, 2.75) is 10.8 Å². The minimum Gasteiger partial charge on any atom is -0.347 e. The van der Waals surface area contributed by atoms with E-state index in [1.54, 1.807) is 35.3 Å². The van der Waals surface area contributed by atoms with Gasteiger partial charge >= 0.3 is 0 Å². The lowest BCUT2D eigenvalue weighted by molar-refractivity contribution is 0.0952. The second-order valence-corrected chi connectivity index (χ2v) is 9.74. The van der Waals surface area contributed by atoms with Crippen molar-refractivity contribution in [1.82, 2.24) is 20.1 Å². The summed E-state index contributed by atoms with van der Waals surface area (Å²) in [6, 6.07) is 9.04. The average molecular weight is 430 g/mol. The van der Waals surface area contributed by atoms with Gasteiger partial charge in [0.25, 0.3) is 5.91 Å². The summed E-state index contributed by atoms with van der Waals surface area (Å²) in [6.45, 7) is 0.196. The number of thiophene rings is 1. The summed E-state index contributed by atoms with van der Waals surface area (Å²) in [5, 5.41) is 7.68. The summed E-state index contributed by atoms with van der Waals surface area (Å²) in [7, 11) is -3.27. The zero-order chi connectivity index (χ0) is 20.6. The Balaban J connectivity index is 1.58. The topological polar surface area (TPSA) is 93.9 Å². The number of hydrogen-bond acceptors (Lipinski definition) is 6. The average Bonchev–Trinajstić information content (AvgIpc) is 3.33. The molecule has 0 saturated carbocycles. The molecule has 3 aromatic heterocycles. The van der Waals surface area contributed by atoms with Gasteiger partial charge < -0.3 is 5.32 Å². The molecular formula is C19H15FN4O3S2. The number of fused-ring (bicyclic) bond motifs is 1. The van der Waals surface area contributed by atoms with Crippen molar-refractivity contribution in [2.75, 3.05) is 6.26 Å². The minimum atomic E-state index is -3.27. The van der Waals surface area contributed by atoms with Gasteiger partial charge in [0.05, 0.1) is 35.7 Å². The van der Waals surface area contributed by atoms with Crippen LogP contribution in [0.1, 0.15) is 15.2 Å². The van der Waals surface area contributed by atoms with Crippen molar-refractivity contribution in [3.63, 3.8) is 0 Å². The number of nitrogens with zero attached hydrogens (tertiary/aromatic N) is 3. The maximum absolute atomic E-state index is 13.2. The number of pyridine rings is 1. The number of carbonyl (C=O) groups is 1. The summed E-state index contributed by atoms with van der Waals surface area (Å²) < 4.78 is 38.2. The third-order valence-corrected chi connectivity index (χ3v) is 7.14. The molecule has 10 heteroatoms. The van der Waals surface area contributed by atoms with Crippen molar-refractivity contribution >= 4 is 38.0 Å². The Morgan fingerprint density at radius 1 is 1.14 bits per heavy atom. The van der Waals surface area contributed by atoms with Gasteiger partial charge in [0.1, 0.15) is 10.0 Å². The predicted molar refractivity (Wildman–Crippen MR) is 107 cm³/mol. The van der Waals surface area contributed by atoms with E-state index in [9.17, 15) is 17.6 Å². The number of nitrogens with one attached hydrogen (secondary N) is 1. The number of halogens is 1.